The number of likely N-dealkylation sites (tertiary alicyclic amines) is 1. The van der Waals surface area contributed by atoms with Gasteiger partial charge in [-0.1, -0.05) is 43.1 Å². The summed E-state index contributed by atoms with van der Waals surface area (Å²) in [6, 6.07) is 7.76. The second-order valence-corrected chi connectivity index (χ2v) is 7.33. The molecule has 2 aromatic rings. The number of hydrogen-bond donors (Lipinski definition) is 1. The monoisotopic (exact) mass is 375 g/mol. The second-order valence-electron chi connectivity index (χ2n) is 6.95. The largest absolute Gasteiger partial charge is 0.356 e. The quantitative estimate of drug-likeness (QED) is 0.812. The van der Waals surface area contributed by atoms with E-state index in [-0.39, 0.29) is 17.7 Å². The van der Waals surface area contributed by atoms with E-state index in [0.29, 0.717) is 36.6 Å². The van der Waals surface area contributed by atoms with E-state index in [1.165, 1.54) is 0 Å². The molecule has 6 heteroatoms. The molecule has 140 valence electrons. The van der Waals surface area contributed by atoms with E-state index in [4.69, 9.17) is 11.6 Å². The number of aryl methyl sites for hydroxylation is 1. The number of aromatic nitrogens is 1. The Hall–Kier alpha value is -2.01. The number of rotatable bonds is 5. The third-order valence-electron chi connectivity index (χ3n) is 5.23. The number of unbranched alkanes of at least 4 members (excludes halogenated alkanes) is 1. The molecule has 1 N–H and O–H groups in total. The summed E-state index contributed by atoms with van der Waals surface area (Å²) < 4.78 is 1.86. The van der Waals surface area contributed by atoms with Gasteiger partial charge in [0.2, 0.25) is 5.91 Å². The van der Waals surface area contributed by atoms with Crippen LogP contribution in [0.1, 0.15) is 43.1 Å². The van der Waals surface area contributed by atoms with Crippen molar-refractivity contribution in [1.82, 2.24) is 14.8 Å². The highest BCUT2D eigenvalue weighted by molar-refractivity contribution is 6.38. The Morgan fingerprint density at radius 3 is 2.58 bits per heavy atom. The first kappa shape index (κ1) is 18.8. The van der Waals surface area contributed by atoms with Crippen LogP contribution >= 0.6 is 11.6 Å². The van der Waals surface area contributed by atoms with Gasteiger partial charge in [0, 0.05) is 43.5 Å². The van der Waals surface area contributed by atoms with Crippen LogP contribution < -0.4 is 5.32 Å². The van der Waals surface area contributed by atoms with Crippen LogP contribution in [-0.4, -0.2) is 40.9 Å². The number of benzene rings is 1. The third-order valence-corrected chi connectivity index (χ3v) is 5.61. The fraction of sp³-hybridized carbons (Fsp3) is 0.500. The molecule has 0 atom stereocenters. The minimum Gasteiger partial charge on any atom is -0.356 e. The lowest BCUT2D eigenvalue weighted by atomic mass is 9.95. The van der Waals surface area contributed by atoms with Crippen LogP contribution in [0.15, 0.2) is 24.3 Å². The van der Waals surface area contributed by atoms with Crippen LogP contribution in [0, 0.1) is 5.92 Å². The van der Waals surface area contributed by atoms with Crippen LogP contribution in [0.2, 0.25) is 5.02 Å². The zero-order valence-corrected chi connectivity index (χ0v) is 16.2. The lowest BCUT2D eigenvalue weighted by molar-refractivity contribution is -0.126. The van der Waals surface area contributed by atoms with Gasteiger partial charge >= 0.3 is 0 Å². The number of para-hydroxylation sites is 1. The fourth-order valence-corrected chi connectivity index (χ4v) is 3.98. The van der Waals surface area contributed by atoms with Crippen molar-refractivity contribution in [3.63, 3.8) is 0 Å². The van der Waals surface area contributed by atoms with E-state index in [1.54, 1.807) is 0 Å². The molecule has 0 radical (unpaired) electrons. The lowest BCUT2D eigenvalue weighted by Gasteiger charge is -2.31. The maximum Gasteiger partial charge on any atom is 0.272 e. The van der Waals surface area contributed by atoms with Crippen molar-refractivity contribution < 1.29 is 9.59 Å². The van der Waals surface area contributed by atoms with Gasteiger partial charge in [-0.15, -0.1) is 0 Å². The average Bonchev–Trinajstić information content (AvgIpc) is 2.92. The second kappa shape index (κ2) is 8.12. The average molecular weight is 376 g/mol. The number of amides is 2. The minimum absolute atomic E-state index is 0.00105. The summed E-state index contributed by atoms with van der Waals surface area (Å²) in [5.74, 6) is 0.0607. The molecule has 0 spiro atoms. The highest BCUT2D eigenvalue weighted by Gasteiger charge is 2.30. The molecule has 1 aromatic heterocycles. The lowest BCUT2D eigenvalue weighted by Crippen LogP contribution is -2.43. The Morgan fingerprint density at radius 2 is 1.92 bits per heavy atom. The minimum atomic E-state index is -0.0569. The number of carbonyl (C=O) groups excluding carboxylic acids is 2. The van der Waals surface area contributed by atoms with Crippen molar-refractivity contribution in [3.05, 3.63) is 35.0 Å². The van der Waals surface area contributed by atoms with E-state index in [0.717, 1.165) is 30.3 Å². The standard InChI is InChI=1S/C20H26ClN3O2/c1-3-4-11-22-19(25)14-9-12-24(13-10-14)20(26)18-17(21)15-7-5-6-8-16(15)23(18)2/h5-8,14H,3-4,9-13H2,1-2H3,(H,22,25). The predicted molar refractivity (Wildman–Crippen MR) is 104 cm³/mol. The van der Waals surface area contributed by atoms with Gasteiger partial charge in [-0.3, -0.25) is 9.59 Å². The zero-order valence-electron chi connectivity index (χ0n) is 15.4. The predicted octanol–water partition coefficient (Wildman–Crippen LogP) is 3.60. The smallest absolute Gasteiger partial charge is 0.272 e. The Morgan fingerprint density at radius 1 is 1.23 bits per heavy atom. The van der Waals surface area contributed by atoms with E-state index in [2.05, 4.69) is 12.2 Å². The van der Waals surface area contributed by atoms with E-state index < -0.39 is 0 Å². The Balaban J connectivity index is 1.67. The first-order valence-electron chi connectivity index (χ1n) is 9.34. The molecule has 0 saturated carbocycles. The van der Waals surface area contributed by atoms with Gasteiger partial charge in [0.15, 0.2) is 0 Å². The highest BCUT2D eigenvalue weighted by Crippen LogP contribution is 2.31. The number of nitrogens with zero attached hydrogens (tertiary/aromatic N) is 2. The summed E-state index contributed by atoms with van der Waals surface area (Å²) >= 11 is 6.49. The number of fused-ring (bicyclic) bond motifs is 1. The molecule has 5 nitrogen and oxygen atoms in total. The van der Waals surface area contributed by atoms with Crippen molar-refractivity contribution in [1.29, 1.82) is 0 Å². The van der Waals surface area contributed by atoms with Crippen molar-refractivity contribution >= 4 is 34.3 Å². The third kappa shape index (κ3) is 3.58. The Kier molecular flexibility index (Phi) is 5.87. The van der Waals surface area contributed by atoms with Gasteiger partial charge in [-0.05, 0) is 25.3 Å². The van der Waals surface area contributed by atoms with Crippen molar-refractivity contribution in [3.8, 4) is 0 Å². The molecule has 1 fully saturated rings. The van der Waals surface area contributed by atoms with Gasteiger partial charge in [-0.2, -0.15) is 0 Å². The van der Waals surface area contributed by atoms with Crippen molar-refractivity contribution in [2.45, 2.75) is 32.6 Å². The summed E-state index contributed by atoms with van der Waals surface area (Å²) in [5, 5.41) is 4.40. The molecule has 0 unspecified atom stereocenters. The maximum absolute atomic E-state index is 13.0. The molecule has 1 aliphatic heterocycles. The van der Waals surface area contributed by atoms with Crippen LogP contribution in [0.5, 0.6) is 0 Å². The summed E-state index contributed by atoms with van der Waals surface area (Å²) in [6.07, 6.45) is 3.47. The number of nitrogens with one attached hydrogen (secondary N) is 1. The highest BCUT2D eigenvalue weighted by atomic mass is 35.5. The number of carbonyl (C=O) groups is 2. The van der Waals surface area contributed by atoms with Gasteiger partial charge < -0.3 is 14.8 Å². The van der Waals surface area contributed by atoms with Crippen LogP contribution in [-0.2, 0) is 11.8 Å². The van der Waals surface area contributed by atoms with Gasteiger partial charge in [0.25, 0.3) is 5.91 Å². The van der Waals surface area contributed by atoms with E-state index in [9.17, 15) is 9.59 Å². The number of hydrogen-bond acceptors (Lipinski definition) is 2. The molecule has 1 saturated heterocycles. The summed E-state index contributed by atoms with van der Waals surface area (Å²) in [5.41, 5.74) is 1.48. The number of halogens is 1. The van der Waals surface area contributed by atoms with Gasteiger partial charge in [0.1, 0.15) is 5.69 Å². The van der Waals surface area contributed by atoms with Crippen molar-refractivity contribution in [2.24, 2.45) is 13.0 Å². The summed E-state index contributed by atoms with van der Waals surface area (Å²) in [4.78, 5) is 27.0. The molecule has 2 amide bonds. The van der Waals surface area contributed by atoms with Crippen molar-refractivity contribution in [2.75, 3.05) is 19.6 Å². The van der Waals surface area contributed by atoms with Crippen LogP contribution in [0.4, 0.5) is 0 Å². The van der Waals surface area contributed by atoms with Gasteiger partial charge in [0.05, 0.1) is 5.02 Å². The van der Waals surface area contributed by atoms with E-state index >= 15 is 0 Å². The molecule has 1 aromatic carbocycles. The first-order valence-corrected chi connectivity index (χ1v) is 9.72. The molecule has 2 heterocycles. The summed E-state index contributed by atoms with van der Waals surface area (Å²) in [6.45, 7) is 4.01. The Labute approximate surface area is 159 Å². The molecule has 0 aliphatic carbocycles. The fourth-order valence-electron chi connectivity index (χ4n) is 3.61. The molecule has 3 rings (SSSR count). The molecule has 26 heavy (non-hydrogen) atoms. The normalized spacial score (nSPS) is 15.4. The molecule has 1 aliphatic rings. The molecular formula is C20H26ClN3O2. The molecular weight excluding hydrogens is 350 g/mol. The zero-order chi connectivity index (χ0) is 18.7. The SMILES string of the molecule is CCCCNC(=O)C1CCN(C(=O)c2c(Cl)c3ccccc3n2C)CC1. The van der Waals surface area contributed by atoms with Crippen LogP contribution in [0.25, 0.3) is 10.9 Å². The molecule has 0 bridgehead atoms. The Bertz CT molecular complexity index is 768. The van der Waals surface area contributed by atoms with Gasteiger partial charge in [-0.25, -0.2) is 0 Å². The van der Waals surface area contributed by atoms with Crippen LogP contribution in [0.3, 0.4) is 0 Å². The van der Waals surface area contributed by atoms with E-state index in [1.807, 2.05) is 40.8 Å². The summed E-state index contributed by atoms with van der Waals surface area (Å²) in [7, 11) is 1.87. The first-order chi connectivity index (χ1) is 12.5. The number of piperidine rings is 1. The maximum atomic E-state index is 13.0. The topological polar surface area (TPSA) is 54.3 Å².